The number of hydrogen-bond donors (Lipinski definition) is 1. The van der Waals surface area contributed by atoms with Crippen LogP contribution in [-0.4, -0.2) is 26.1 Å². The first-order chi connectivity index (χ1) is 11.5. The van der Waals surface area contributed by atoms with Crippen LogP contribution in [0, 0.1) is 11.6 Å². The Hall–Kier alpha value is -2.80. The van der Waals surface area contributed by atoms with Crippen molar-refractivity contribution >= 4 is 17.6 Å². The molecule has 5 nitrogen and oxygen atoms in total. The third-order valence-electron chi connectivity index (χ3n) is 3.24. The van der Waals surface area contributed by atoms with E-state index in [0.717, 1.165) is 18.7 Å². The summed E-state index contributed by atoms with van der Waals surface area (Å²) in [6.07, 6.45) is 0. The Balaban J connectivity index is 2.23. The van der Waals surface area contributed by atoms with Gasteiger partial charge in [0, 0.05) is 18.7 Å². The number of carbonyl (C=O) groups is 2. The third-order valence-corrected chi connectivity index (χ3v) is 3.24. The predicted octanol–water partition coefficient (Wildman–Crippen LogP) is 3.15. The van der Waals surface area contributed by atoms with Gasteiger partial charge in [-0.1, -0.05) is 12.1 Å². The van der Waals surface area contributed by atoms with Gasteiger partial charge in [0.05, 0.1) is 25.0 Å². The van der Waals surface area contributed by atoms with Gasteiger partial charge in [0.1, 0.15) is 11.6 Å². The minimum atomic E-state index is -1.07. The number of rotatable bonds is 5. The maximum absolute atomic E-state index is 13.8. The van der Waals surface area contributed by atoms with E-state index in [-0.39, 0.29) is 11.3 Å². The van der Waals surface area contributed by atoms with Crippen LogP contribution in [0.15, 0.2) is 36.4 Å². The highest BCUT2D eigenvalue weighted by atomic mass is 19.1. The first-order valence-electron chi connectivity index (χ1n) is 6.93. The molecule has 0 aromatic heterocycles. The molecule has 0 aliphatic carbocycles. The number of esters is 1. The van der Waals surface area contributed by atoms with Crippen molar-refractivity contribution in [3.63, 3.8) is 0 Å². The molecule has 0 radical (unpaired) electrons. The number of hydrogen-bond acceptors (Lipinski definition) is 4. The van der Waals surface area contributed by atoms with Crippen LogP contribution in [0.5, 0.6) is 0 Å². The van der Waals surface area contributed by atoms with Gasteiger partial charge in [0.25, 0.3) is 5.91 Å². The largest absolute Gasteiger partial charge is 0.465 e. The average Bonchev–Trinajstić information content (AvgIpc) is 2.57. The maximum Gasteiger partial charge on any atom is 0.340 e. The van der Waals surface area contributed by atoms with Crippen LogP contribution in [-0.2, 0) is 16.1 Å². The third kappa shape index (κ3) is 3.94. The lowest BCUT2D eigenvalue weighted by Gasteiger charge is -2.09. The smallest absolute Gasteiger partial charge is 0.340 e. The molecule has 0 saturated heterocycles. The van der Waals surface area contributed by atoms with E-state index in [4.69, 9.17) is 4.74 Å². The molecule has 126 valence electrons. The molecule has 7 heteroatoms. The van der Waals surface area contributed by atoms with E-state index in [0.29, 0.717) is 12.7 Å². The van der Waals surface area contributed by atoms with E-state index in [1.165, 1.54) is 0 Å². The minimum Gasteiger partial charge on any atom is -0.465 e. The van der Waals surface area contributed by atoms with Crippen LogP contribution < -0.4 is 5.32 Å². The van der Waals surface area contributed by atoms with Gasteiger partial charge in [-0.05, 0) is 23.8 Å². The van der Waals surface area contributed by atoms with E-state index in [2.05, 4.69) is 10.1 Å². The Kier molecular flexibility index (Phi) is 5.59. The molecule has 0 unspecified atom stereocenters. The van der Waals surface area contributed by atoms with Gasteiger partial charge in [-0.15, -0.1) is 0 Å². The number of nitrogens with one attached hydrogen (secondary N) is 1. The summed E-state index contributed by atoms with van der Waals surface area (Å²) in [6, 6.07) is 7.90. The van der Waals surface area contributed by atoms with Crippen LogP contribution in [0.2, 0.25) is 0 Å². The molecule has 2 aromatic rings. The highest BCUT2D eigenvalue weighted by Gasteiger charge is 2.18. The molecule has 0 fully saturated rings. The molecule has 1 N–H and O–H groups in total. The summed E-state index contributed by atoms with van der Waals surface area (Å²) in [6.45, 7) is 0.400. The topological polar surface area (TPSA) is 64.6 Å². The monoisotopic (exact) mass is 335 g/mol. The van der Waals surface area contributed by atoms with Crippen molar-refractivity contribution in [2.45, 2.75) is 6.61 Å². The summed E-state index contributed by atoms with van der Waals surface area (Å²) in [5, 5.41) is 2.30. The summed E-state index contributed by atoms with van der Waals surface area (Å²) < 4.78 is 36.8. The van der Waals surface area contributed by atoms with Gasteiger partial charge in [-0.3, -0.25) is 4.79 Å². The summed E-state index contributed by atoms with van der Waals surface area (Å²) in [5.41, 5.74) is 0.362. The lowest BCUT2D eigenvalue weighted by Crippen LogP contribution is -2.15. The number of halogens is 2. The molecule has 1 amide bonds. The van der Waals surface area contributed by atoms with E-state index in [1.807, 2.05) is 0 Å². The van der Waals surface area contributed by atoms with Crippen molar-refractivity contribution in [2.75, 3.05) is 19.5 Å². The van der Waals surface area contributed by atoms with Crippen LogP contribution in [0.4, 0.5) is 14.5 Å². The van der Waals surface area contributed by atoms with Crippen molar-refractivity contribution in [1.82, 2.24) is 0 Å². The van der Waals surface area contributed by atoms with Gasteiger partial charge < -0.3 is 14.8 Å². The molecule has 2 aromatic carbocycles. The molecule has 0 atom stereocenters. The molecule has 0 saturated carbocycles. The van der Waals surface area contributed by atoms with Crippen LogP contribution in [0.3, 0.4) is 0 Å². The van der Waals surface area contributed by atoms with Gasteiger partial charge in [0.2, 0.25) is 0 Å². The number of benzene rings is 2. The van der Waals surface area contributed by atoms with E-state index < -0.39 is 29.1 Å². The van der Waals surface area contributed by atoms with Crippen LogP contribution in [0.1, 0.15) is 26.3 Å². The van der Waals surface area contributed by atoms with Gasteiger partial charge in [0.15, 0.2) is 0 Å². The van der Waals surface area contributed by atoms with Gasteiger partial charge in [-0.25, -0.2) is 13.6 Å². The molecular weight excluding hydrogens is 320 g/mol. The lowest BCUT2D eigenvalue weighted by molar-refractivity contribution is 0.0595. The van der Waals surface area contributed by atoms with Crippen molar-refractivity contribution in [3.05, 3.63) is 64.7 Å². The number of carbonyl (C=O) groups excluding carboxylic acids is 2. The maximum atomic E-state index is 13.8. The zero-order valence-corrected chi connectivity index (χ0v) is 13.1. The van der Waals surface area contributed by atoms with Gasteiger partial charge in [-0.2, -0.15) is 0 Å². The molecule has 0 bridgehead atoms. The van der Waals surface area contributed by atoms with Crippen molar-refractivity contribution in [1.29, 1.82) is 0 Å². The molecule has 24 heavy (non-hydrogen) atoms. The first-order valence-corrected chi connectivity index (χ1v) is 6.93. The highest BCUT2D eigenvalue weighted by Crippen LogP contribution is 2.21. The summed E-state index contributed by atoms with van der Waals surface area (Å²) >= 11 is 0. The fourth-order valence-electron chi connectivity index (χ4n) is 2.02. The number of methoxy groups -OCH3 is 2. The summed E-state index contributed by atoms with van der Waals surface area (Å²) in [5.74, 6) is -3.63. The standard InChI is InChI=1S/C17H15F2NO4/c1-23-9-10-3-5-11(6-4-10)16(21)20-15-7-12(17(22)24-2)13(18)8-14(15)19/h3-8H,9H2,1-2H3,(H,20,21). The Labute approximate surface area is 137 Å². The molecule has 0 spiro atoms. The lowest BCUT2D eigenvalue weighted by atomic mass is 10.1. The molecule has 2 rings (SSSR count). The zero-order chi connectivity index (χ0) is 17.7. The Morgan fingerprint density at radius 3 is 2.29 bits per heavy atom. The number of anilines is 1. The van der Waals surface area contributed by atoms with E-state index in [9.17, 15) is 18.4 Å². The summed E-state index contributed by atoms with van der Waals surface area (Å²) in [4.78, 5) is 23.6. The highest BCUT2D eigenvalue weighted by molar-refractivity contribution is 6.05. The first kappa shape index (κ1) is 17.6. The Morgan fingerprint density at radius 2 is 1.71 bits per heavy atom. The fourth-order valence-corrected chi connectivity index (χ4v) is 2.02. The normalized spacial score (nSPS) is 10.3. The zero-order valence-electron chi connectivity index (χ0n) is 13.1. The molecule has 0 aliphatic heterocycles. The minimum absolute atomic E-state index is 0.276. The van der Waals surface area contributed by atoms with Crippen molar-refractivity contribution in [2.24, 2.45) is 0 Å². The fraction of sp³-hybridized carbons (Fsp3) is 0.176. The quantitative estimate of drug-likeness (QED) is 0.853. The SMILES string of the molecule is COCc1ccc(C(=O)Nc2cc(C(=O)OC)c(F)cc2F)cc1. The molecule has 0 aliphatic rings. The molecular formula is C17H15F2NO4. The van der Waals surface area contributed by atoms with Gasteiger partial charge >= 0.3 is 5.97 Å². The average molecular weight is 335 g/mol. The Morgan fingerprint density at radius 1 is 1.04 bits per heavy atom. The van der Waals surface area contributed by atoms with E-state index in [1.54, 1.807) is 31.4 Å². The van der Waals surface area contributed by atoms with Crippen LogP contribution in [0.25, 0.3) is 0 Å². The van der Waals surface area contributed by atoms with Crippen LogP contribution >= 0.6 is 0 Å². The predicted molar refractivity (Wildman–Crippen MR) is 82.8 cm³/mol. The number of ether oxygens (including phenoxy) is 2. The summed E-state index contributed by atoms with van der Waals surface area (Å²) in [7, 11) is 2.63. The van der Waals surface area contributed by atoms with Crippen molar-refractivity contribution in [3.8, 4) is 0 Å². The Bertz CT molecular complexity index is 760. The second-order valence-electron chi connectivity index (χ2n) is 4.89. The second kappa shape index (κ2) is 7.65. The van der Waals surface area contributed by atoms with E-state index >= 15 is 0 Å². The number of amides is 1. The molecule has 0 heterocycles. The second-order valence-corrected chi connectivity index (χ2v) is 4.89. The van der Waals surface area contributed by atoms with Crippen molar-refractivity contribution < 1.29 is 27.8 Å².